The van der Waals surface area contributed by atoms with Gasteiger partial charge in [-0.1, -0.05) is 6.58 Å². The fourth-order valence-corrected chi connectivity index (χ4v) is 1.54. The number of hydrogen-bond acceptors (Lipinski definition) is 4. The van der Waals surface area contributed by atoms with E-state index < -0.39 is 54.2 Å². The molecule has 0 amide bonds. The molecule has 14 heteroatoms. The quantitative estimate of drug-likeness (QED) is 0.455. The van der Waals surface area contributed by atoms with E-state index in [2.05, 4.69) is 16.1 Å². The van der Waals surface area contributed by atoms with Crippen molar-refractivity contribution in [2.75, 3.05) is 6.61 Å². The molecule has 0 spiro atoms. The molecule has 1 aliphatic rings. The summed E-state index contributed by atoms with van der Waals surface area (Å²) >= 11 is 0. The third-order valence-corrected chi connectivity index (χ3v) is 2.84. The first kappa shape index (κ1) is 20.5. The predicted molar refractivity (Wildman–Crippen MR) is 51.9 cm³/mol. The monoisotopic (exact) mass is 380 g/mol. The Bertz CT molecular complexity index is 537. The minimum atomic E-state index is -6.33. The number of aliphatic hydroxyl groups is 1. The topological polar surface area (TPSA) is 55.8 Å². The van der Waals surface area contributed by atoms with Gasteiger partial charge in [0.05, 0.1) is 0 Å². The third-order valence-electron chi connectivity index (χ3n) is 2.84. The van der Waals surface area contributed by atoms with E-state index in [1.807, 2.05) is 0 Å². The summed E-state index contributed by atoms with van der Waals surface area (Å²) in [6.45, 7) is -0.438. The number of carbonyl (C=O) groups is 1. The van der Waals surface area contributed by atoms with Crippen molar-refractivity contribution in [3.8, 4) is 0 Å². The summed E-state index contributed by atoms with van der Waals surface area (Å²) in [4.78, 5) is 11.0. The van der Waals surface area contributed by atoms with E-state index in [0.29, 0.717) is 0 Å². The molecule has 1 fully saturated rings. The standard InChI is InChI=1S/C10H6F10O4/c1-3(8(15,16)17)4(21)24-5-6(11,12)2-23-9(22,7(5,13)14)10(18,19)20/h5,22H,1-2H2. The third kappa shape index (κ3) is 3.16. The molecule has 0 radical (unpaired) electrons. The van der Waals surface area contributed by atoms with Gasteiger partial charge in [0.25, 0.3) is 0 Å². The fraction of sp³-hybridized carbons (Fsp3) is 0.700. The zero-order valence-corrected chi connectivity index (χ0v) is 10.9. The maximum Gasteiger partial charge on any atom is 0.449 e. The largest absolute Gasteiger partial charge is 0.449 e. The lowest BCUT2D eigenvalue weighted by Gasteiger charge is -2.46. The molecular weight excluding hydrogens is 374 g/mol. The average Bonchev–Trinajstić information content (AvgIpc) is 2.36. The van der Waals surface area contributed by atoms with Gasteiger partial charge < -0.3 is 14.6 Å². The Labute approximate surface area is 125 Å². The maximum absolute atomic E-state index is 13.7. The van der Waals surface area contributed by atoms with Crippen molar-refractivity contribution in [2.24, 2.45) is 0 Å². The van der Waals surface area contributed by atoms with Crippen LogP contribution in [0.3, 0.4) is 0 Å². The zero-order valence-electron chi connectivity index (χ0n) is 10.9. The summed E-state index contributed by atoms with van der Waals surface area (Å²) in [6, 6.07) is 0. The average molecular weight is 380 g/mol. The van der Waals surface area contributed by atoms with Gasteiger partial charge in [0.1, 0.15) is 12.2 Å². The van der Waals surface area contributed by atoms with Gasteiger partial charge in [0, 0.05) is 0 Å². The second-order valence-corrected chi connectivity index (χ2v) is 4.58. The highest BCUT2D eigenvalue weighted by Crippen LogP contribution is 2.52. The fourth-order valence-electron chi connectivity index (χ4n) is 1.54. The van der Waals surface area contributed by atoms with Gasteiger partial charge in [-0.2, -0.15) is 43.9 Å². The molecule has 0 bridgehead atoms. The number of esters is 1. The van der Waals surface area contributed by atoms with Crippen molar-refractivity contribution in [1.82, 2.24) is 0 Å². The van der Waals surface area contributed by atoms with Crippen molar-refractivity contribution in [3.63, 3.8) is 0 Å². The summed E-state index contributed by atoms with van der Waals surface area (Å²) in [5, 5.41) is 8.88. The molecule has 0 aromatic carbocycles. The highest BCUT2D eigenvalue weighted by molar-refractivity contribution is 5.89. The van der Waals surface area contributed by atoms with Gasteiger partial charge in [-0.05, 0) is 0 Å². The lowest BCUT2D eigenvalue weighted by atomic mass is 9.94. The van der Waals surface area contributed by atoms with Crippen LogP contribution in [0.2, 0.25) is 0 Å². The van der Waals surface area contributed by atoms with Gasteiger partial charge in [-0.15, -0.1) is 0 Å². The van der Waals surface area contributed by atoms with Crippen LogP contribution < -0.4 is 0 Å². The van der Waals surface area contributed by atoms with E-state index in [0.717, 1.165) is 0 Å². The Kier molecular flexibility index (Phi) is 4.67. The Hall–Kier alpha value is -1.57. The van der Waals surface area contributed by atoms with Gasteiger partial charge in [-0.3, -0.25) is 0 Å². The van der Waals surface area contributed by atoms with Gasteiger partial charge >= 0.3 is 36.0 Å². The van der Waals surface area contributed by atoms with E-state index in [9.17, 15) is 48.7 Å². The van der Waals surface area contributed by atoms with Crippen LogP contribution in [0.1, 0.15) is 0 Å². The number of carbonyl (C=O) groups excluding carboxylic acids is 1. The molecule has 1 saturated heterocycles. The van der Waals surface area contributed by atoms with Crippen LogP contribution in [-0.2, 0) is 14.3 Å². The minimum absolute atomic E-state index is 2.07. The lowest BCUT2D eigenvalue weighted by Crippen LogP contribution is -2.74. The first-order valence-electron chi connectivity index (χ1n) is 5.53. The van der Waals surface area contributed by atoms with Crippen LogP contribution in [0, 0.1) is 0 Å². The van der Waals surface area contributed by atoms with Crippen LogP contribution in [0.25, 0.3) is 0 Å². The normalized spacial score (nSPS) is 29.9. The van der Waals surface area contributed by atoms with Gasteiger partial charge in [0.15, 0.2) is 0 Å². The smallest absolute Gasteiger partial charge is 0.445 e. The van der Waals surface area contributed by atoms with Crippen LogP contribution in [0.15, 0.2) is 12.2 Å². The molecule has 1 heterocycles. The van der Waals surface area contributed by atoms with Crippen LogP contribution >= 0.6 is 0 Å². The Morgan fingerprint density at radius 3 is 1.96 bits per heavy atom. The highest BCUT2D eigenvalue weighted by atomic mass is 19.4. The van der Waals surface area contributed by atoms with Gasteiger partial charge in [0.2, 0.25) is 6.10 Å². The van der Waals surface area contributed by atoms with E-state index in [-0.39, 0.29) is 0 Å². The molecule has 2 unspecified atom stereocenters. The summed E-state index contributed by atoms with van der Waals surface area (Å²) < 4.78 is 134. The van der Waals surface area contributed by atoms with Crippen LogP contribution in [0.4, 0.5) is 43.9 Å². The minimum Gasteiger partial charge on any atom is -0.445 e. The van der Waals surface area contributed by atoms with Crippen molar-refractivity contribution >= 4 is 5.97 Å². The van der Waals surface area contributed by atoms with E-state index in [1.165, 1.54) is 0 Å². The molecule has 0 aromatic heterocycles. The summed E-state index contributed by atoms with van der Waals surface area (Å²) in [7, 11) is 0. The Morgan fingerprint density at radius 2 is 1.58 bits per heavy atom. The summed E-state index contributed by atoms with van der Waals surface area (Å²) in [5.74, 6) is -19.4. The molecule has 140 valence electrons. The first-order chi connectivity index (χ1) is 10.4. The molecule has 1 aliphatic heterocycles. The van der Waals surface area contributed by atoms with Crippen molar-refractivity contribution in [2.45, 2.75) is 36.1 Å². The van der Waals surface area contributed by atoms with Crippen molar-refractivity contribution in [3.05, 3.63) is 12.2 Å². The van der Waals surface area contributed by atoms with E-state index >= 15 is 0 Å². The lowest BCUT2D eigenvalue weighted by molar-refractivity contribution is -0.479. The molecule has 0 aliphatic carbocycles. The van der Waals surface area contributed by atoms with E-state index in [4.69, 9.17) is 5.11 Å². The summed E-state index contributed by atoms with van der Waals surface area (Å²) in [5.41, 5.74) is -2.52. The number of ether oxygens (including phenoxy) is 2. The molecule has 1 rings (SSSR count). The van der Waals surface area contributed by atoms with Crippen molar-refractivity contribution in [1.29, 1.82) is 0 Å². The van der Waals surface area contributed by atoms with Crippen LogP contribution in [-0.4, -0.2) is 53.8 Å². The molecule has 24 heavy (non-hydrogen) atoms. The molecule has 2 atom stereocenters. The van der Waals surface area contributed by atoms with Crippen LogP contribution in [0.5, 0.6) is 0 Å². The molecular formula is C10H6F10O4. The number of alkyl halides is 10. The molecule has 0 aromatic rings. The molecule has 0 saturated carbocycles. The second-order valence-electron chi connectivity index (χ2n) is 4.58. The van der Waals surface area contributed by atoms with E-state index in [1.54, 1.807) is 0 Å². The SMILES string of the molecule is C=C(C(=O)OC1C(F)(F)COC(O)(C(F)(F)F)C1(F)F)C(F)(F)F. The first-order valence-corrected chi connectivity index (χ1v) is 5.53. The Balaban J connectivity index is 3.27. The van der Waals surface area contributed by atoms with Crippen molar-refractivity contribution < 1.29 is 63.3 Å². The predicted octanol–water partition coefficient (Wildman–Crippen LogP) is 2.57. The number of hydrogen-bond donors (Lipinski definition) is 1. The van der Waals surface area contributed by atoms with Gasteiger partial charge in [-0.25, -0.2) is 4.79 Å². The Morgan fingerprint density at radius 1 is 1.12 bits per heavy atom. The number of halogens is 10. The molecule has 1 N–H and O–H groups in total. The highest BCUT2D eigenvalue weighted by Gasteiger charge is 2.81. The zero-order chi connectivity index (χ0) is 19.4. The summed E-state index contributed by atoms with van der Waals surface area (Å²) in [6.07, 6.45) is -16.3. The second kappa shape index (κ2) is 5.47. The number of rotatable bonds is 2. The molecule has 4 nitrogen and oxygen atoms in total. The maximum atomic E-state index is 13.7.